The molecule has 19 N–H and O–H groups in total. The van der Waals surface area contributed by atoms with E-state index in [1.54, 1.807) is 6.92 Å². The maximum atomic E-state index is 15.9. The van der Waals surface area contributed by atoms with Gasteiger partial charge in [-0.1, -0.05) is 53.2 Å². The normalized spacial score (nSPS) is 54.7. The number of carbonyl (C=O) groups excluding carboxylic acids is 2. The number of carbonyl (C=O) groups is 3. The Morgan fingerprint density at radius 2 is 1.00 bits per heavy atom. The third-order valence-corrected chi connectivity index (χ3v) is 26.8. The smallest absolute Gasteiger partial charge is 0.335 e. The fraction of sp³-hybridized carbons (Fsp3) is 0.929. The summed E-state index contributed by atoms with van der Waals surface area (Å²) in [5.74, 6) is -3.26. The van der Waals surface area contributed by atoms with Gasteiger partial charge in [0.05, 0.1) is 55.6 Å². The van der Waals surface area contributed by atoms with E-state index in [-0.39, 0.29) is 23.7 Å². The fourth-order valence-corrected chi connectivity index (χ4v) is 20.2. The molecule has 42 atom stereocenters. The van der Waals surface area contributed by atoms with Gasteiger partial charge in [0.25, 0.3) is 0 Å². The number of aliphatic hydroxyl groups is 18. The second-order valence-corrected chi connectivity index (χ2v) is 33.5. The zero-order valence-corrected chi connectivity index (χ0v) is 60.4. The Balaban J connectivity index is 0.788. The van der Waals surface area contributed by atoms with Gasteiger partial charge in [-0.05, 0) is 117 Å². The second kappa shape index (κ2) is 31.1. The van der Waals surface area contributed by atoms with Crippen LogP contribution in [0.5, 0.6) is 0 Å². The lowest BCUT2D eigenvalue weighted by Gasteiger charge is -2.71. The minimum absolute atomic E-state index is 0.0863. The van der Waals surface area contributed by atoms with Gasteiger partial charge >= 0.3 is 11.9 Å². The molecule has 0 amide bonds. The molecule has 0 aromatic heterocycles. The largest absolute Gasteiger partial charge is 0.479 e. The Labute approximate surface area is 610 Å². The lowest BCUT2D eigenvalue weighted by Crippen LogP contribution is -2.68. The van der Waals surface area contributed by atoms with Gasteiger partial charge in [-0.3, -0.25) is 4.79 Å². The first kappa shape index (κ1) is 82.6. The number of fused-ring (bicyclic) bond motifs is 7. The minimum atomic E-state index is -2.15. The highest BCUT2D eigenvalue weighted by molar-refractivity contribution is 5.79. The van der Waals surface area contributed by atoms with E-state index < -0.39 is 280 Å². The van der Waals surface area contributed by atoms with Crippen LogP contribution in [0.4, 0.5) is 0 Å². The highest BCUT2D eigenvalue weighted by Crippen LogP contribution is 2.76. The van der Waals surface area contributed by atoms with Crippen molar-refractivity contribution in [3.63, 3.8) is 0 Å². The summed E-state index contributed by atoms with van der Waals surface area (Å²) < 4.78 is 84.3. The zero-order valence-electron chi connectivity index (χ0n) is 60.4. The summed E-state index contributed by atoms with van der Waals surface area (Å²) in [4.78, 5) is 42.4. The van der Waals surface area contributed by atoms with Crippen molar-refractivity contribution in [3.8, 4) is 0 Å². The van der Waals surface area contributed by atoms with Crippen LogP contribution in [0, 0.1) is 50.2 Å². The van der Waals surface area contributed by atoms with Crippen LogP contribution in [0.2, 0.25) is 0 Å². The first-order valence-corrected chi connectivity index (χ1v) is 36.9. The van der Waals surface area contributed by atoms with Gasteiger partial charge in [-0.2, -0.15) is 0 Å². The van der Waals surface area contributed by atoms with Crippen LogP contribution >= 0.6 is 0 Å². The van der Waals surface area contributed by atoms with Crippen molar-refractivity contribution < 1.29 is 178 Å². The summed E-state index contributed by atoms with van der Waals surface area (Å²) in [6.45, 7) is 12.7. The van der Waals surface area contributed by atoms with Crippen molar-refractivity contribution in [2.24, 2.45) is 50.2 Å². The number of aldehydes is 1. The van der Waals surface area contributed by atoms with Gasteiger partial charge < -0.3 is 168 Å². The summed E-state index contributed by atoms with van der Waals surface area (Å²) >= 11 is 0. The molecule has 0 aromatic carbocycles. The van der Waals surface area contributed by atoms with Gasteiger partial charge in [0, 0.05) is 0 Å². The minimum Gasteiger partial charge on any atom is -0.479 e. The Morgan fingerprint density at radius 1 is 0.481 bits per heavy atom. The molecule has 11 fully saturated rings. The van der Waals surface area contributed by atoms with Crippen LogP contribution in [-0.2, 0) is 80.7 Å². The van der Waals surface area contributed by atoms with Crippen LogP contribution in [0.1, 0.15) is 120 Å². The van der Waals surface area contributed by atoms with E-state index >= 15 is 4.79 Å². The third kappa shape index (κ3) is 14.2. The van der Waals surface area contributed by atoms with Crippen molar-refractivity contribution in [1.82, 2.24) is 0 Å². The van der Waals surface area contributed by atoms with Crippen LogP contribution in [0.3, 0.4) is 0 Å². The van der Waals surface area contributed by atoms with Gasteiger partial charge in [-0.25, -0.2) is 4.79 Å². The lowest BCUT2D eigenvalue weighted by atomic mass is 9.33. The Kier molecular flexibility index (Phi) is 24.3. The maximum Gasteiger partial charge on any atom is 0.335 e. The lowest BCUT2D eigenvalue weighted by molar-refractivity contribution is -0.397. The molecule has 42 unspecified atom stereocenters. The number of hydrogen-bond acceptors (Lipinski definition) is 35. The van der Waals surface area contributed by atoms with Crippen LogP contribution in [0.25, 0.3) is 0 Å². The van der Waals surface area contributed by atoms with Crippen molar-refractivity contribution >= 4 is 18.2 Å². The van der Waals surface area contributed by atoms with Crippen LogP contribution < -0.4 is 0 Å². The average Bonchev–Trinajstić information content (AvgIpc) is 0.673. The molecule has 36 nitrogen and oxygen atoms in total. The van der Waals surface area contributed by atoms with Gasteiger partial charge in [-0.15, -0.1) is 0 Å². The van der Waals surface area contributed by atoms with Gasteiger partial charge in [0.1, 0.15) is 141 Å². The van der Waals surface area contributed by atoms with E-state index in [9.17, 15) is 107 Å². The first-order valence-electron chi connectivity index (χ1n) is 36.9. The van der Waals surface area contributed by atoms with Crippen LogP contribution in [0.15, 0.2) is 11.6 Å². The molecule has 0 radical (unpaired) electrons. The molecule has 0 spiro atoms. The standard InChI is InChI=1S/C70H110O36/c1-25-36(76)42(82)54(105-61-49(89)52(102-59-46(86)40(80)38(78)31(20-71)97-59)50(26(2)96-61)100-58-48(88)51(30(75)23-94-58)101-57-45(85)37(77)29(74)22-93-57)62(95-25)106-64(92)70-17-15-65(3,4)19-28(70)27-9-10-34-66(5)13-12-35(67(6,24-73)33(66)11-14-69(34,8)68(27,7)16-18-70)99-63-55(44(84)43(83)53(103-63)56(90)91)104-60-47(87)41(81)39(79)32(21-72)98-60/h9,24-26,28-55,57-63,71-72,74-89H,10-23H2,1-8H3,(H,90,91). The summed E-state index contributed by atoms with van der Waals surface area (Å²) in [7, 11) is 0. The van der Waals surface area contributed by atoms with Crippen molar-refractivity contribution in [2.45, 2.75) is 328 Å². The van der Waals surface area contributed by atoms with Crippen LogP contribution in [-0.4, -0.2) is 351 Å². The van der Waals surface area contributed by atoms with E-state index in [0.29, 0.717) is 57.8 Å². The predicted octanol–water partition coefficient (Wildman–Crippen LogP) is -5.96. The van der Waals surface area contributed by atoms with E-state index in [1.807, 2.05) is 0 Å². The second-order valence-electron chi connectivity index (χ2n) is 33.5. The molecule has 12 rings (SSSR count). The first-order chi connectivity index (χ1) is 49.8. The molecule has 7 heterocycles. The van der Waals surface area contributed by atoms with E-state index in [0.717, 1.165) is 11.9 Å². The SMILES string of the molecule is CC1OC(OC(=O)C23CCC(C)(C)CC2C2=CCC4C5(C)CCC(OC6OC(C(=O)O)C(O)C(O)C6OC6OC(CO)C(O)C(O)C6O)C(C)(C=O)C5CCC4(C)C2(C)CC3)C(OC2OC(C)C(OC3OCC(O)C(OC4OCC(O)C(O)C4O)C3O)C(OC3OC(CO)C(O)C(O)C3O)C2O)C(O)C1O. The molecule has 4 saturated carbocycles. The summed E-state index contributed by atoms with van der Waals surface area (Å²) in [5, 5.41) is 207. The zero-order chi connectivity index (χ0) is 77.3. The highest BCUT2D eigenvalue weighted by Gasteiger charge is 2.72. The molecule has 7 aliphatic heterocycles. The molecule has 0 bridgehead atoms. The topological polar surface area (TPSA) is 565 Å². The number of rotatable bonds is 18. The van der Waals surface area contributed by atoms with Crippen molar-refractivity contribution in [2.75, 3.05) is 26.4 Å². The van der Waals surface area contributed by atoms with E-state index in [2.05, 4.69) is 40.7 Å². The number of ether oxygens (including phenoxy) is 14. The average molecular weight is 1530 g/mol. The van der Waals surface area contributed by atoms with Crippen molar-refractivity contribution in [3.05, 3.63) is 11.6 Å². The maximum absolute atomic E-state index is 15.9. The van der Waals surface area contributed by atoms with E-state index in [1.165, 1.54) is 13.8 Å². The molecule has 36 heteroatoms. The monoisotopic (exact) mass is 1530 g/mol. The number of aliphatic hydroxyl groups excluding tert-OH is 18. The molecule has 12 aliphatic rings. The number of allylic oxidation sites excluding steroid dienone is 2. The van der Waals surface area contributed by atoms with Crippen molar-refractivity contribution in [1.29, 1.82) is 0 Å². The molecule has 606 valence electrons. The highest BCUT2D eigenvalue weighted by atomic mass is 16.8. The predicted molar refractivity (Wildman–Crippen MR) is 347 cm³/mol. The molecule has 106 heavy (non-hydrogen) atoms. The molecule has 7 saturated heterocycles. The Bertz CT molecular complexity index is 3100. The summed E-state index contributed by atoms with van der Waals surface area (Å²) in [6, 6.07) is 0. The Morgan fingerprint density at radius 3 is 1.60 bits per heavy atom. The fourth-order valence-electron chi connectivity index (χ4n) is 20.2. The molecular formula is C70H110O36. The third-order valence-electron chi connectivity index (χ3n) is 26.8. The number of esters is 1. The van der Waals surface area contributed by atoms with Gasteiger partial charge in [0.2, 0.25) is 6.29 Å². The number of aliphatic carboxylic acids is 1. The summed E-state index contributed by atoms with van der Waals surface area (Å²) in [5.41, 5.74) is -3.42. The molecule has 0 aromatic rings. The Hall–Kier alpha value is -2.89. The quantitative estimate of drug-likeness (QED) is 0.0263. The van der Waals surface area contributed by atoms with Gasteiger partial charge in [0.15, 0.2) is 49.9 Å². The number of carboxylic acid groups (broad SMARTS) is 1. The molecule has 5 aliphatic carbocycles. The summed E-state index contributed by atoms with van der Waals surface area (Å²) in [6.07, 6.45) is -53.2. The van der Waals surface area contributed by atoms with E-state index in [4.69, 9.17) is 66.3 Å². The number of carboxylic acids is 1. The molecular weight excluding hydrogens is 1420 g/mol. The number of hydrogen-bond donors (Lipinski definition) is 19.